The summed E-state index contributed by atoms with van der Waals surface area (Å²) in [7, 11) is 1.99. The van der Waals surface area contributed by atoms with Crippen molar-refractivity contribution in [2.75, 3.05) is 20.1 Å². The first kappa shape index (κ1) is 18.4. The number of rotatable bonds is 6. The SMILES string of the molecule is CCNC(=NCCc1sc(C)nc1C)N(C)Cc1ccc(F)cc1. The largest absolute Gasteiger partial charge is 0.357 e. The third-order valence-electron chi connectivity index (χ3n) is 3.63. The standard InChI is InChI=1S/C18H25FN4S/c1-5-20-18(21-11-10-17-13(2)22-14(3)24-17)23(4)12-15-6-8-16(19)9-7-15/h6-9H,5,10-12H2,1-4H3,(H,20,21). The van der Waals surface area contributed by atoms with Gasteiger partial charge < -0.3 is 10.2 Å². The maximum absolute atomic E-state index is 13.0. The second-order valence-corrected chi connectivity index (χ2v) is 7.00. The fraction of sp³-hybridized carbons (Fsp3) is 0.444. The van der Waals surface area contributed by atoms with Gasteiger partial charge in [-0.1, -0.05) is 12.1 Å². The van der Waals surface area contributed by atoms with E-state index in [2.05, 4.69) is 29.0 Å². The molecule has 2 rings (SSSR count). The molecule has 2 aromatic rings. The van der Waals surface area contributed by atoms with E-state index in [4.69, 9.17) is 4.99 Å². The number of hydrogen-bond acceptors (Lipinski definition) is 3. The molecule has 130 valence electrons. The molecule has 0 amide bonds. The Morgan fingerprint density at radius 2 is 2.00 bits per heavy atom. The number of aromatic nitrogens is 1. The molecule has 0 aliphatic rings. The van der Waals surface area contributed by atoms with E-state index >= 15 is 0 Å². The molecule has 0 atom stereocenters. The predicted molar refractivity (Wildman–Crippen MR) is 99.1 cm³/mol. The van der Waals surface area contributed by atoms with Crippen LogP contribution in [0.3, 0.4) is 0 Å². The molecule has 6 heteroatoms. The Labute approximate surface area is 147 Å². The average Bonchev–Trinajstić information content (AvgIpc) is 2.86. The highest BCUT2D eigenvalue weighted by atomic mass is 32.1. The summed E-state index contributed by atoms with van der Waals surface area (Å²) in [6, 6.07) is 6.59. The third-order valence-corrected chi connectivity index (χ3v) is 4.76. The molecule has 0 saturated heterocycles. The van der Waals surface area contributed by atoms with Crippen LogP contribution in [0, 0.1) is 19.7 Å². The maximum atomic E-state index is 13.0. The minimum absolute atomic E-state index is 0.211. The van der Waals surface area contributed by atoms with E-state index in [-0.39, 0.29) is 5.82 Å². The summed E-state index contributed by atoms with van der Waals surface area (Å²) in [6.45, 7) is 8.35. The van der Waals surface area contributed by atoms with E-state index in [1.165, 1.54) is 17.0 Å². The Morgan fingerprint density at radius 1 is 1.29 bits per heavy atom. The summed E-state index contributed by atoms with van der Waals surface area (Å²) in [5.41, 5.74) is 2.16. The second-order valence-electron chi connectivity index (χ2n) is 5.71. The molecule has 0 unspecified atom stereocenters. The molecule has 0 bridgehead atoms. The molecule has 0 aliphatic carbocycles. The zero-order valence-corrected chi connectivity index (χ0v) is 15.6. The fourth-order valence-corrected chi connectivity index (χ4v) is 3.40. The van der Waals surface area contributed by atoms with Gasteiger partial charge in [-0.15, -0.1) is 11.3 Å². The van der Waals surface area contributed by atoms with Gasteiger partial charge in [0.25, 0.3) is 0 Å². The summed E-state index contributed by atoms with van der Waals surface area (Å²) in [4.78, 5) is 12.5. The number of benzene rings is 1. The van der Waals surface area contributed by atoms with Gasteiger partial charge in [-0.25, -0.2) is 9.37 Å². The topological polar surface area (TPSA) is 40.5 Å². The summed E-state index contributed by atoms with van der Waals surface area (Å²) in [5, 5.41) is 4.41. The van der Waals surface area contributed by atoms with Crippen LogP contribution in [0.2, 0.25) is 0 Å². The van der Waals surface area contributed by atoms with Crippen molar-refractivity contribution in [1.29, 1.82) is 0 Å². The van der Waals surface area contributed by atoms with Crippen LogP contribution in [0.25, 0.3) is 0 Å². The highest BCUT2D eigenvalue weighted by molar-refractivity contribution is 7.11. The molecule has 4 nitrogen and oxygen atoms in total. The van der Waals surface area contributed by atoms with Crippen LogP contribution in [0.5, 0.6) is 0 Å². The molecule has 1 heterocycles. The van der Waals surface area contributed by atoms with Crippen LogP contribution >= 0.6 is 11.3 Å². The van der Waals surface area contributed by atoms with E-state index in [1.54, 1.807) is 23.5 Å². The molecule has 0 aliphatic heterocycles. The number of hydrogen-bond donors (Lipinski definition) is 1. The smallest absolute Gasteiger partial charge is 0.193 e. The number of nitrogens with zero attached hydrogens (tertiary/aromatic N) is 3. The lowest BCUT2D eigenvalue weighted by atomic mass is 10.2. The van der Waals surface area contributed by atoms with Crippen LogP contribution in [0.15, 0.2) is 29.3 Å². The molecule has 0 radical (unpaired) electrons. The molecular weight excluding hydrogens is 323 g/mol. The highest BCUT2D eigenvalue weighted by Gasteiger charge is 2.08. The van der Waals surface area contributed by atoms with Crippen molar-refractivity contribution in [3.8, 4) is 0 Å². The Hall–Kier alpha value is -1.95. The zero-order valence-electron chi connectivity index (χ0n) is 14.8. The minimum Gasteiger partial charge on any atom is -0.357 e. The number of halogens is 1. The van der Waals surface area contributed by atoms with E-state index in [0.29, 0.717) is 6.54 Å². The summed E-state index contributed by atoms with van der Waals surface area (Å²) in [5.74, 6) is 0.651. The van der Waals surface area contributed by atoms with Crippen molar-refractivity contribution in [2.24, 2.45) is 4.99 Å². The molecule has 0 spiro atoms. The van der Waals surface area contributed by atoms with E-state index in [9.17, 15) is 4.39 Å². The lowest BCUT2D eigenvalue weighted by molar-refractivity contribution is 0.476. The zero-order chi connectivity index (χ0) is 17.5. The number of aliphatic imine (C=N–C) groups is 1. The Morgan fingerprint density at radius 3 is 2.58 bits per heavy atom. The molecule has 1 aromatic heterocycles. The number of nitrogens with one attached hydrogen (secondary N) is 1. The van der Waals surface area contributed by atoms with Crippen molar-refractivity contribution in [2.45, 2.75) is 33.7 Å². The van der Waals surface area contributed by atoms with Crippen LogP contribution in [0.4, 0.5) is 4.39 Å². The van der Waals surface area contributed by atoms with Gasteiger partial charge in [0.15, 0.2) is 5.96 Å². The lowest BCUT2D eigenvalue weighted by Gasteiger charge is -2.22. The first-order chi connectivity index (χ1) is 11.5. The molecule has 0 fully saturated rings. The second kappa shape index (κ2) is 8.78. The molecule has 1 aromatic carbocycles. The minimum atomic E-state index is -0.211. The van der Waals surface area contributed by atoms with Crippen molar-refractivity contribution >= 4 is 17.3 Å². The van der Waals surface area contributed by atoms with Gasteiger partial charge >= 0.3 is 0 Å². The van der Waals surface area contributed by atoms with Gasteiger partial charge in [0.2, 0.25) is 0 Å². The van der Waals surface area contributed by atoms with E-state index in [0.717, 1.165) is 41.7 Å². The van der Waals surface area contributed by atoms with E-state index < -0.39 is 0 Å². The Balaban J connectivity index is 1.98. The van der Waals surface area contributed by atoms with Gasteiger partial charge in [0.05, 0.1) is 10.7 Å². The van der Waals surface area contributed by atoms with Crippen LogP contribution in [-0.4, -0.2) is 36.0 Å². The van der Waals surface area contributed by atoms with E-state index in [1.807, 2.05) is 14.0 Å². The molecule has 24 heavy (non-hydrogen) atoms. The van der Waals surface area contributed by atoms with Crippen LogP contribution < -0.4 is 5.32 Å². The van der Waals surface area contributed by atoms with Crippen molar-refractivity contribution in [1.82, 2.24) is 15.2 Å². The van der Waals surface area contributed by atoms with Crippen molar-refractivity contribution < 1.29 is 4.39 Å². The summed E-state index contributed by atoms with van der Waals surface area (Å²) in [6.07, 6.45) is 0.899. The van der Waals surface area contributed by atoms with Crippen LogP contribution in [0.1, 0.15) is 28.1 Å². The Kier molecular flexibility index (Phi) is 6.73. The van der Waals surface area contributed by atoms with Crippen molar-refractivity contribution in [3.63, 3.8) is 0 Å². The molecular formula is C18H25FN4S. The predicted octanol–water partition coefficient (Wildman–Crippen LogP) is 3.54. The molecule has 0 saturated carbocycles. The summed E-state index contributed by atoms with van der Waals surface area (Å²) < 4.78 is 13.0. The average molecular weight is 348 g/mol. The monoisotopic (exact) mass is 348 g/mol. The molecule has 1 N–H and O–H groups in total. The van der Waals surface area contributed by atoms with Gasteiger partial charge in [0.1, 0.15) is 5.82 Å². The first-order valence-electron chi connectivity index (χ1n) is 8.16. The van der Waals surface area contributed by atoms with Crippen molar-refractivity contribution in [3.05, 3.63) is 51.2 Å². The number of guanidine groups is 1. The third kappa shape index (κ3) is 5.30. The van der Waals surface area contributed by atoms with Gasteiger partial charge in [-0.3, -0.25) is 4.99 Å². The maximum Gasteiger partial charge on any atom is 0.193 e. The summed E-state index contributed by atoms with van der Waals surface area (Å²) >= 11 is 1.74. The Bertz CT molecular complexity index is 679. The van der Waals surface area contributed by atoms with Gasteiger partial charge in [0, 0.05) is 38.0 Å². The lowest BCUT2D eigenvalue weighted by Crippen LogP contribution is -2.38. The first-order valence-corrected chi connectivity index (χ1v) is 8.98. The highest BCUT2D eigenvalue weighted by Crippen LogP contribution is 2.17. The fourth-order valence-electron chi connectivity index (χ4n) is 2.48. The quantitative estimate of drug-likeness (QED) is 0.641. The van der Waals surface area contributed by atoms with Crippen LogP contribution in [-0.2, 0) is 13.0 Å². The number of aryl methyl sites for hydroxylation is 2. The normalized spacial score (nSPS) is 11.6. The number of thiazole rings is 1. The van der Waals surface area contributed by atoms with Gasteiger partial charge in [-0.05, 0) is 38.5 Å². The van der Waals surface area contributed by atoms with Gasteiger partial charge in [-0.2, -0.15) is 0 Å².